The van der Waals surface area contributed by atoms with Gasteiger partial charge in [-0.2, -0.15) is 62.0 Å². The van der Waals surface area contributed by atoms with Crippen LogP contribution in [0.4, 0.5) is 47.7 Å². The van der Waals surface area contributed by atoms with Crippen LogP contribution in [0.15, 0.2) is 105 Å². The predicted molar refractivity (Wildman–Crippen MR) is 516 cm³/mol. The van der Waals surface area contributed by atoms with Gasteiger partial charge in [-0.25, -0.2) is 19.7 Å². The number of carbonyl (C=O) groups is 3. The molecule has 34 heteroatoms. The summed E-state index contributed by atoms with van der Waals surface area (Å²) in [6.07, 6.45) is 11.5. The minimum atomic E-state index is -1.26. The molecule has 129 heavy (non-hydrogen) atoms. The van der Waals surface area contributed by atoms with Crippen molar-refractivity contribution in [2.75, 3.05) is 188 Å². The van der Waals surface area contributed by atoms with Crippen molar-refractivity contribution in [1.82, 2.24) is 74.5 Å². The molecule has 4 aromatic carbocycles. The fourth-order valence-corrected chi connectivity index (χ4v) is 20.5. The van der Waals surface area contributed by atoms with Crippen molar-refractivity contribution < 1.29 is 41.8 Å². The Hall–Kier alpha value is -10.6. The Morgan fingerprint density at radius 1 is 0.535 bits per heavy atom. The number of aromatic nitrogens is 9. The van der Waals surface area contributed by atoms with Gasteiger partial charge >= 0.3 is 18.0 Å². The smallest absolute Gasteiger partial charge is 0.318 e. The van der Waals surface area contributed by atoms with Crippen LogP contribution in [-0.4, -0.2) is 292 Å². The second-order valence-electron chi connectivity index (χ2n) is 36.2. The molecule has 14 heterocycles. The minimum absolute atomic E-state index is 0. The zero-order chi connectivity index (χ0) is 88.8. The molecule has 6 fully saturated rings. The van der Waals surface area contributed by atoms with Gasteiger partial charge in [0.15, 0.2) is 0 Å². The van der Waals surface area contributed by atoms with E-state index < -0.39 is 17.0 Å². The van der Waals surface area contributed by atoms with Crippen LogP contribution in [0.3, 0.4) is 0 Å². The molecular formula is C95H124ClF3N22O6S2. The summed E-state index contributed by atoms with van der Waals surface area (Å²) in [5.41, 5.74) is 12.9. The summed E-state index contributed by atoms with van der Waals surface area (Å²) in [5, 5.41) is 12.5. The summed E-state index contributed by atoms with van der Waals surface area (Å²) in [4.78, 5) is 98.5. The van der Waals surface area contributed by atoms with E-state index in [1.54, 1.807) is 25.7 Å². The lowest BCUT2D eigenvalue weighted by Gasteiger charge is -2.41. The summed E-state index contributed by atoms with van der Waals surface area (Å²) < 4.78 is 62.7. The number of benzene rings is 4. The monoisotopic (exact) mass is 1820 g/mol. The van der Waals surface area contributed by atoms with Crippen molar-refractivity contribution in [1.29, 1.82) is 0 Å². The number of likely N-dealkylation sites (N-methyl/N-ethyl adjacent to an activating group) is 3. The lowest BCUT2D eigenvalue weighted by Crippen LogP contribution is -2.56. The van der Waals surface area contributed by atoms with Gasteiger partial charge in [0.2, 0.25) is 24.3 Å². The van der Waals surface area contributed by atoms with Gasteiger partial charge in [0, 0.05) is 205 Å². The van der Waals surface area contributed by atoms with E-state index in [4.69, 9.17) is 62.3 Å². The summed E-state index contributed by atoms with van der Waals surface area (Å²) in [6.45, 7) is 45.1. The van der Waals surface area contributed by atoms with E-state index in [0.29, 0.717) is 167 Å². The molecule has 3 unspecified atom stereocenters. The fraction of sp³-hybridized carbons (Fsp3) is 0.505. The first-order valence-electron chi connectivity index (χ1n) is 44.0. The number of aryl methyl sites for hydroxylation is 2. The number of amides is 3. The number of rotatable bonds is 19. The number of fused-ring (bicyclic) bond motifs is 6. The maximum absolute atomic E-state index is 14.7. The molecule has 0 bridgehead atoms. The van der Waals surface area contributed by atoms with Crippen LogP contribution in [0, 0.1) is 34.3 Å². The number of nitrogens with zero attached hydrogens (tertiary/aromatic N) is 20. The molecule has 9 aromatic rings. The van der Waals surface area contributed by atoms with Crippen LogP contribution in [0.5, 0.6) is 18.0 Å². The number of aromatic amines is 2. The van der Waals surface area contributed by atoms with Crippen molar-refractivity contribution in [2.24, 2.45) is 0 Å². The molecule has 2 N–H and O–H groups in total. The second kappa shape index (κ2) is 40.0. The second-order valence-corrected chi connectivity index (χ2v) is 36.6. The quantitative estimate of drug-likeness (QED) is 0.0564. The number of piperazine rings is 3. The Morgan fingerprint density at radius 2 is 0.953 bits per heavy atom. The van der Waals surface area contributed by atoms with Gasteiger partial charge in [-0.05, 0) is 165 Å². The van der Waals surface area contributed by atoms with Gasteiger partial charge in [-0.3, -0.25) is 34.2 Å². The highest BCUT2D eigenvalue weighted by Crippen LogP contribution is 2.44. The molecule has 0 spiro atoms. The third-order valence-electron chi connectivity index (χ3n) is 26.9. The average molecular weight is 1830 g/mol. The molecule has 9 aliphatic rings. The first-order valence-corrected chi connectivity index (χ1v) is 44.3. The summed E-state index contributed by atoms with van der Waals surface area (Å²) in [5.74, 6) is 2.28. The maximum Gasteiger partial charge on any atom is 0.318 e. The molecule has 7 atom stereocenters. The molecule has 9 aliphatic heterocycles. The van der Waals surface area contributed by atoms with Crippen LogP contribution in [-0.2, 0) is 53.3 Å². The van der Waals surface area contributed by atoms with E-state index in [2.05, 4.69) is 133 Å². The number of ether oxygens (including phenoxy) is 3. The van der Waals surface area contributed by atoms with Gasteiger partial charge in [-0.15, -0.1) is 0 Å². The SMILES string of the molecule is C.C=CC(=O)N1CCN(c2nc(OC[C@@H]3CC(C)(F)CN3C)nc3c2CCN(c2c(C)c(C)cc4[nH]ccc24)C3)CC1.C=CC(=O)N1CCN(c2nc(OC[C@@H]3CC(C)(F)CN3C)nc3c2CCN(c2c(C)c(C)cc4[nH]ncc24)C3)CC1.S.S.[C-]#[N+]C[C@H]1CN(c2nc(OC[C@@H]3CC(C)(F)CN3C)nc3c2CCN(c2cccc4cccc(Cl)c24)C3)CCN1C(=O)C=C. The number of hydrogen-bond donors (Lipinski definition) is 2. The van der Waals surface area contributed by atoms with Gasteiger partial charge in [0.25, 0.3) is 0 Å². The Bertz CT molecular complexity index is 5450. The van der Waals surface area contributed by atoms with E-state index in [9.17, 15) is 27.6 Å². The minimum Gasteiger partial charge on any atom is -0.462 e. The van der Waals surface area contributed by atoms with Crippen molar-refractivity contribution in [3.8, 4) is 18.0 Å². The van der Waals surface area contributed by atoms with Crippen molar-refractivity contribution in [2.45, 2.75) is 155 Å². The molecule has 6 saturated heterocycles. The number of anilines is 6. The Morgan fingerprint density at radius 3 is 1.40 bits per heavy atom. The van der Waals surface area contributed by atoms with Crippen LogP contribution < -0.4 is 43.6 Å². The van der Waals surface area contributed by atoms with Gasteiger partial charge in [-0.1, -0.05) is 63.0 Å². The summed E-state index contributed by atoms with van der Waals surface area (Å²) >= 11 is 6.69. The number of alkyl halides is 3. The van der Waals surface area contributed by atoms with Crippen LogP contribution >= 0.6 is 38.6 Å². The van der Waals surface area contributed by atoms with Crippen LogP contribution in [0.2, 0.25) is 5.02 Å². The molecule has 0 saturated carbocycles. The highest BCUT2D eigenvalue weighted by Gasteiger charge is 2.44. The maximum atomic E-state index is 14.7. The number of carbonyl (C=O) groups excluding carboxylic acids is 3. The third kappa shape index (κ3) is 20.6. The van der Waals surface area contributed by atoms with E-state index >= 15 is 0 Å². The fourth-order valence-electron chi connectivity index (χ4n) is 20.2. The van der Waals surface area contributed by atoms with Gasteiger partial charge in [0.1, 0.15) is 60.3 Å². The Balaban J connectivity index is 0.000000163. The van der Waals surface area contributed by atoms with Gasteiger partial charge < -0.3 is 68.1 Å². The lowest BCUT2D eigenvalue weighted by atomic mass is 9.99. The molecule has 18 rings (SSSR count). The molecule has 0 radical (unpaired) electrons. The van der Waals surface area contributed by atoms with Crippen molar-refractivity contribution in [3.05, 3.63) is 177 Å². The molecular weight excluding hydrogens is 1700 g/mol. The van der Waals surface area contributed by atoms with E-state index in [-0.39, 0.29) is 95.5 Å². The Kier molecular flexibility index (Phi) is 29.7. The Labute approximate surface area is 773 Å². The number of halogens is 4. The van der Waals surface area contributed by atoms with E-state index in [1.807, 2.05) is 76.2 Å². The zero-order valence-corrected chi connectivity index (χ0v) is 77.9. The molecule has 5 aromatic heterocycles. The van der Waals surface area contributed by atoms with Crippen LogP contribution in [0.25, 0.3) is 37.4 Å². The molecule has 690 valence electrons. The number of hydrogen-bond acceptors (Lipinski definition) is 22. The predicted octanol–water partition coefficient (Wildman–Crippen LogP) is 12.6. The number of nitrogens with one attached hydrogen (secondary N) is 2. The largest absolute Gasteiger partial charge is 0.462 e. The molecule has 0 aliphatic carbocycles. The molecule has 28 nitrogen and oxygen atoms in total. The topological polar surface area (TPSA) is 244 Å². The molecule has 3 amide bonds. The normalized spacial score (nSPS) is 22.9. The third-order valence-corrected chi connectivity index (χ3v) is 27.2. The number of H-pyrrole nitrogens is 2. The van der Waals surface area contributed by atoms with Crippen molar-refractivity contribution in [3.63, 3.8) is 0 Å². The highest BCUT2D eigenvalue weighted by atomic mass is 35.5. The lowest BCUT2D eigenvalue weighted by molar-refractivity contribution is -0.128. The standard InChI is InChI=1S/C33H37ClFN7O2.C31H40FN7O2.C30H39FN8O2.CH4.2H2S/c1-5-29(43)42-15-14-41(18-24(42)17-36-3)31-25-12-13-40(28-11-7-9-22-8-6-10-26(34)30(22)28)19-27(25)37-32(38-31)44-20-23-16-33(2,35)21-39(23)4;1-6-27(40)37-11-13-38(14-12-37)29-24-8-10-39(28-21(3)20(2)15-25-23(28)7-9-33-25)17-26(24)34-30(35-29)41-18-22-16-31(4,32)19-36(22)5;1-6-26(40)37-9-11-38(12-10-37)28-22-7-8-39(27-20(3)19(2)13-24-23(27)15-32-35-24)16-25(22)33-29(34-28)41-17-21-14-30(4,31)18-36(21)5;;;/h5-11,23-24H,1,12-21H2,2,4H3;6-7,9,15,22,33H,1,8,10-14,16-19H2,2-5H3;6,13,15,21H,1,7-12,14,16-18H2,2-5H3,(H,32,35);1H4;2*1H2/t23-,24-,33?;22-,31?;21-,30?;;;/m000.../s1. The van der Waals surface area contributed by atoms with E-state index in [0.717, 1.165) is 117 Å². The summed E-state index contributed by atoms with van der Waals surface area (Å²) in [7, 11) is 5.78. The number of likely N-dealkylation sites (tertiary alicyclic amines) is 3. The summed E-state index contributed by atoms with van der Waals surface area (Å²) in [6, 6.07) is 19.1. The van der Waals surface area contributed by atoms with Gasteiger partial charge in [0.05, 0.1) is 59.1 Å². The zero-order valence-electron chi connectivity index (χ0n) is 75.1. The first-order chi connectivity index (χ1) is 60.4. The highest BCUT2D eigenvalue weighted by molar-refractivity contribution is 7.59. The average Bonchev–Trinajstić information content (AvgIpc) is 1.53. The first kappa shape index (κ1) is 95.9. The van der Waals surface area contributed by atoms with E-state index in [1.165, 1.54) is 57.2 Å². The van der Waals surface area contributed by atoms with Crippen molar-refractivity contribution >= 4 is 123 Å². The van der Waals surface area contributed by atoms with Crippen LogP contribution in [0.1, 0.15) is 103 Å².